The fraction of sp³-hybridized carbons (Fsp3) is 0.807. The van der Waals surface area contributed by atoms with Gasteiger partial charge in [-0.3, -0.25) is 24.1 Å². The number of amides is 4. The highest BCUT2D eigenvalue weighted by Crippen LogP contribution is 2.33. The van der Waals surface area contributed by atoms with Gasteiger partial charge in [0, 0.05) is 40.8 Å². The van der Waals surface area contributed by atoms with E-state index in [9.17, 15) is 85.3 Å². The lowest BCUT2D eigenvalue weighted by Crippen LogP contribution is -2.65. The Morgan fingerprint density at radius 1 is 0.765 bits per heavy atom. The average Bonchev–Trinajstić information content (AvgIpc) is 4.15. The number of carboxylic acids is 1. The van der Waals surface area contributed by atoms with Crippen molar-refractivity contribution in [3.8, 4) is 0 Å². The van der Waals surface area contributed by atoms with Crippen LogP contribution in [-0.2, 0) is 58.8 Å². The zero-order chi connectivity index (χ0) is 63.9. The first kappa shape index (κ1) is 73.3. The van der Waals surface area contributed by atoms with Gasteiger partial charge in [0.1, 0.15) is 79.2 Å². The van der Waals surface area contributed by atoms with E-state index < -0.39 is 196 Å². The topological polar surface area (TPSA) is 417 Å². The largest absolute Gasteiger partial charge is 0.480 e. The number of aliphatic carboxylic acids is 1. The van der Waals surface area contributed by atoms with E-state index in [0.717, 1.165) is 5.56 Å². The van der Waals surface area contributed by atoms with Gasteiger partial charge in [-0.15, -0.1) is 0 Å². The van der Waals surface area contributed by atoms with Crippen LogP contribution in [0, 0.1) is 23.7 Å². The molecule has 0 saturated carbocycles. The van der Waals surface area contributed by atoms with E-state index in [1.165, 1.54) is 31.1 Å². The van der Waals surface area contributed by atoms with Crippen molar-refractivity contribution in [2.24, 2.45) is 23.7 Å². The van der Waals surface area contributed by atoms with Crippen molar-refractivity contribution in [2.45, 2.75) is 209 Å². The lowest BCUT2D eigenvalue weighted by atomic mass is 9.89. The molecular weight excluding hydrogens is 1120 g/mol. The number of carbonyl (C=O) groups excluding carboxylic acids is 4. The second-order valence-electron chi connectivity index (χ2n) is 23.5. The fourth-order valence-electron chi connectivity index (χ4n) is 11.7. The predicted octanol–water partition coefficient (Wildman–Crippen LogP) is -4.10. The molecule has 3 aliphatic rings. The zero-order valence-electron chi connectivity index (χ0n) is 50.6. The summed E-state index contributed by atoms with van der Waals surface area (Å²) >= 11 is 0. The average molecular weight is 1220 g/mol. The van der Waals surface area contributed by atoms with Crippen LogP contribution in [0.15, 0.2) is 30.3 Å². The minimum Gasteiger partial charge on any atom is -0.480 e. The number of methoxy groups -OCH3 is 2. The van der Waals surface area contributed by atoms with E-state index in [-0.39, 0.29) is 24.7 Å². The number of benzene rings is 1. The van der Waals surface area contributed by atoms with Crippen LogP contribution in [0.2, 0.25) is 0 Å². The van der Waals surface area contributed by atoms with Gasteiger partial charge in [0.15, 0.2) is 12.6 Å². The highest BCUT2D eigenvalue weighted by molar-refractivity contribution is 5.90. The van der Waals surface area contributed by atoms with Gasteiger partial charge in [-0.25, -0.2) is 4.79 Å². The summed E-state index contributed by atoms with van der Waals surface area (Å²) in [6.45, 7) is 9.37. The van der Waals surface area contributed by atoms with Crippen LogP contribution in [0.3, 0.4) is 0 Å². The smallest absolute Gasteiger partial charge is 0.326 e. The number of likely N-dealkylation sites (tertiary alicyclic amines) is 1. The van der Waals surface area contributed by atoms with Gasteiger partial charge >= 0.3 is 5.97 Å². The van der Waals surface area contributed by atoms with Crippen LogP contribution in [-0.4, -0.2) is 295 Å². The van der Waals surface area contributed by atoms with Crippen molar-refractivity contribution in [2.75, 3.05) is 61.2 Å². The number of nitrogens with one attached hydrogen (secondary N) is 2. The Kier molecular flexibility index (Phi) is 29.3. The fourth-order valence-corrected chi connectivity index (χ4v) is 11.7. The van der Waals surface area contributed by atoms with Crippen molar-refractivity contribution in [1.82, 2.24) is 25.3 Å². The van der Waals surface area contributed by atoms with Gasteiger partial charge < -0.3 is 110 Å². The Balaban J connectivity index is 1.46. The standard InChI is InChI=1S/C57H97N5O23/c1-12-29(6)42(36(80-10)22-39(68)62-20-16-19-33(62)49(81-11)30(7)52(75)58-32(55(78)79)21-31-17-14-13-15-18-31)61(9)54(77)40(27(2)3)59-53(76)41(28(4)5)60(8)23-34(66)43(69)50(35(67)24-63)84-57-48(74)46(72)51(38(26-65)83-57)85-56-47(73)45(71)44(70)37(25-64)82-56/h13-15,17-18,27-30,32-38,40-51,56-57,63-67,69-74H,12,16,19-26H2,1-11H3,(H,58,75)(H,59,76)(H,78,79)/t29-,30+,32-,33-,34+,35+,36+,37+,38+,40-,41-,42-,43+,44-,45-,46+,47+,48+,49+,50+,51-,56+,57-/m0/s1. The summed E-state index contributed by atoms with van der Waals surface area (Å²) in [7, 11) is 5.90. The van der Waals surface area contributed by atoms with Crippen molar-refractivity contribution < 1.29 is 114 Å². The van der Waals surface area contributed by atoms with Crippen molar-refractivity contribution in [3.63, 3.8) is 0 Å². The Labute approximate surface area is 496 Å². The van der Waals surface area contributed by atoms with Crippen LogP contribution >= 0.6 is 0 Å². The number of carbonyl (C=O) groups is 5. The molecule has 0 aromatic heterocycles. The third-order valence-electron chi connectivity index (χ3n) is 16.8. The minimum atomic E-state index is -2.12. The van der Waals surface area contributed by atoms with E-state index in [1.54, 1.807) is 76.9 Å². The summed E-state index contributed by atoms with van der Waals surface area (Å²) in [6.07, 6.45) is -26.4. The Hall–Kier alpha value is -4.15. The van der Waals surface area contributed by atoms with Gasteiger partial charge in [-0.05, 0) is 43.2 Å². The quantitative estimate of drug-likeness (QED) is 0.0318. The van der Waals surface area contributed by atoms with E-state index in [2.05, 4.69) is 10.6 Å². The number of ether oxygens (including phenoxy) is 6. The number of rotatable bonds is 33. The van der Waals surface area contributed by atoms with Gasteiger partial charge in [0.2, 0.25) is 23.6 Å². The van der Waals surface area contributed by atoms with Gasteiger partial charge in [-0.2, -0.15) is 0 Å². The first-order valence-electron chi connectivity index (χ1n) is 29.1. The third-order valence-corrected chi connectivity index (χ3v) is 16.8. The molecule has 3 heterocycles. The van der Waals surface area contributed by atoms with Crippen LogP contribution in [0.4, 0.5) is 0 Å². The molecule has 4 rings (SSSR count). The summed E-state index contributed by atoms with van der Waals surface area (Å²) < 4.78 is 34.2. The lowest BCUT2D eigenvalue weighted by Gasteiger charge is -2.46. The predicted molar refractivity (Wildman–Crippen MR) is 300 cm³/mol. The number of hydrogen-bond acceptors (Lipinski definition) is 23. The maximum Gasteiger partial charge on any atom is 0.326 e. The van der Waals surface area contributed by atoms with Crippen molar-refractivity contribution in [1.29, 1.82) is 0 Å². The van der Waals surface area contributed by atoms with Gasteiger partial charge in [0.25, 0.3) is 0 Å². The molecule has 0 unspecified atom stereocenters. The SMILES string of the molecule is CC[C@H](C)[C@@H]([C@@H](CC(=O)N1CCC[C@H]1[C@H](OC)[C@@H](C)C(=O)N[C@@H](Cc1ccccc1)C(=O)O)OC)N(C)C(=O)[C@@H](NC(=O)[C@H](C(C)C)N(C)C[C@@H](O)[C@@H](O)[C@H](O[C@@H]1O[C@H](CO)[C@H](O[C@H]2O[C@H](CO)[C@H](O)[C@H](O)[C@H]2O)[C@H](O)[C@H]1O)[C@H](O)CO)C(C)C. The second-order valence-corrected chi connectivity index (χ2v) is 23.5. The van der Waals surface area contributed by atoms with Crippen LogP contribution in [0.5, 0.6) is 0 Å². The number of carboxylic acid groups (broad SMARTS) is 1. The summed E-state index contributed by atoms with van der Waals surface area (Å²) in [6, 6.07) is 4.19. The normalized spacial score (nSPS) is 29.0. The molecule has 28 nitrogen and oxygen atoms in total. The highest BCUT2D eigenvalue weighted by Gasteiger charge is 2.53. The molecule has 3 aliphatic heterocycles. The van der Waals surface area contributed by atoms with E-state index in [4.69, 9.17) is 28.4 Å². The van der Waals surface area contributed by atoms with Gasteiger partial charge in [-0.1, -0.05) is 85.2 Å². The molecule has 0 spiro atoms. The van der Waals surface area contributed by atoms with E-state index >= 15 is 0 Å². The molecule has 28 heteroatoms. The number of aliphatic hydroxyl groups is 11. The maximum atomic E-state index is 14.8. The molecule has 4 amide bonds. The molecule has 1 aromatic carbocycles. The number of aliphatic hydroxyl groups excluding tert-OH is 11. The Morgan fingerprint density at radius 2 is 1.38 bits per heavy atom. The molecule has 0 radical (unpaired) electrons. The monoisotopic (exact) mass is 1220 g/mol. The van der Waals surface area contributed by atoms with E-state index in [0.29, 0.717) is 25.8 Å². The molecule has 3 fully saturated rings. The molecule has 14 N–H and O–H groups in total. The van der Waals surface area contributed by atoms with Crippen LogP contribution < -0.4 is 10.6 Å². The third kappa shape index (κ3) is 18.5. The molecular formula is C57H97N5O23. The number of hydrogen-bond donors (Lipinski definition) is 14. The van der Waals surface area contributed by atoms with E-state index in [1.807, 2.05) is 13.8 Å². The number of likely N-dealkylation sites (N-methyl/N-ethyl adjacent to an activating group) is 2. The summed E-state index contributed by atoms with van der Waals surface area (Å²) in [5.74, 6) is -5.33. The molecule has 0 aliphatic carbocycles. The van der Waals surface area contributed by atoms with Crippen molar-refractivity contribution >= 4 is 29.6 Å². The molecule has 1 aromatic rings. The van der Waals surface area contributed by atoms with Crippen LogP contribution in [0.25, 0.3) is 0 Å². The first-order valence-corrected chi connectivity index (χ1v) is 29.1. The lowest BCUT2D eigenvalue weighted by molar-refractivity contribution is -0.367. The number of nitrogens with zero attached hydrogens (tertiary/aromatic N) is 3. The second kappa shape index (κ2) is 34.0. The first-order chi connectivity index (χ1) is 40.0. The Morgan fingerprint density at radius 3 is 1.92 bits per heavy atom. The molecule has 488 valence electrons. The summed E-state index contributed by atoms with van der Waals surface area (Å²) in [4.78, 5) is 74.2. The minimum absolute atomic E-state index is 0.0593. The van der Waals surface area contributed by atoms with Crippen molar-refractivity contribution in [3.05, 3.63) is 35.9 Å². The highest BCUT2D eigenvalue weighted by atomic mass is 16.7. The zero-order valence-corrected chi connectivity index (χ0v) is 50.6. The Bertz CT molecular complexity index is 2220. The maximum absolute atomic E-state index is 14.8. The van der Waals surface area contributed by atoms with Gasteiger partial charge in [0.05, 0.1) is 68.6 Å². The molecule has 23 atom stereocenters. The summed E-state index contributed by atoms with van der Waals surface area (Å²) in [5, 5.41) is 132. The van der Waals surface area contributed by atoms with Crippen LogP contribution in [0.1, 0.15) is 79.7 Å². The molecule has 3 saturated heterocycles. The summed E-state index contributed by atoms with van der Waals surface area (Å²) in [5.41, 5.74) is 0.725. The molecule has 0 bridgehead atoms. The molecule has 85 heavy (non-hydrogen) atoms.